The summed E-state index contributed by atoms with van der Waals surface area (Å²) < 4.78 is 31.8. The van der Waals surface area contributed by atoms with Crippen LogP contribution in [0, 0.1) is 6.92 Å². The highest BCUT2D eigenvalue weighted by molar-refractivity contribution is 7.88. The summed E-state index contributed by atoms with van der Waals surface area (Å²) in [5.74, 6) is 0.618. The van der Waals surface area contributed by atoms with Gasteiger partial charge in [0.15, 0.2) is 0 Å². The number of sulfonamides is 1. The fourth-order valence-electron chi connectivity index (χ4n) is 2.02. The van der Waals surface area contributed by atoms with E-state index in [4.69, 9.17) is 4.74 Å². The molecule has 0 saturated heterocycles. The zero-order chi connectivity index (χ0) is 16.0. The third kappa shape index (κ3) is 5.40. The van der Waals surface area contributed by atoms with Crippen molar-refractivity contribution in [3.8, 4) is 5.75 Å². The molecule has 0 aliphatic rings. The van der Waals surface area contributed by atoms with Crippen LogP contribution < -0.4 is 9.46 Å². The highest BCUT2D eigenvalue weighted by atomic mass is 32.2. The average molecular weight is 340 g/mol. The first kappa shape index (κ1) is 16.9. The van der Waals surface area contributed by atoms with Crippen LogP contribution >= 0.6 is 11.3 Å². The highest BCUT2D eigenvalue weighted by Crippen LogP contribution is 2.14. The van der Waals surface area contributed by atoms with Crippen molar-refractivity contribution in [2.75, 3.05) is 13.7 Å². The molecule has 120 valence electrons. The number of ether oxygens (including phenoxy) is 1. The Morgan fingerprint density at radius 2 is 2.18 bits per heavy atom. The molecule has 0 amide bonds. The van der Waals surface area contributed by atoms with E-state index in [9.17, 15) is 8.42 Å². The van der Waals surface area contributed by atoms with Gasteiger partial charge in [0.25, 0.3) is 0 Å². The van der Waals surface area contributed by atoms with Gasteiger partial charge in [0, 0.05) is 24.0 Å². The smallest absolute Gasteiger partial charge is 0.215 e. The molecule has 0 aliphatic heterocycles. The summed E-state index contributed by atoms with van der Waals surface area (Å²) in [5, 5.41) is 3.05. The average Bonchev–Trinajstić information content (AvgIpc) is 2.89. The Kier molecular flexibility index (Phi) is 5.93. The van der Waals surface area contributed by atoms with Gasteiger partial charge in [0.2, 0.25) is 10.0 Å². The largest absolute Gasteiger partial charge is 0.497 e. The molecule has 0 radical (unpaired) electrons. The lowest BCUT2D eigenvalue weighted by atomic mass is 10.2. The van der Waals surface area contributed by atoms with E-state index in [1.165, 1.54) is 0 Å². The Balaban J connectivity index is 1.80. The van der Waals surface area contributed by atoms with Crippen LogP contribution in [0.5, 0.6) is 5.75 Å². The molecule has 0 unspecified atom stereocenters. The molecular formula is C15H20N2O3S2. The van der Waals surface area contributed by atoms with Crippen molar-refractivity contribution >= 4 is 21.4 Å². The van der Waals surface area contributed by atoms with Crippen LogP contribution in [-0.2, 0) is 22.2 Å². The van der Waals surface area contributed by atoms with Crippen molar-refractivity contribution in [2.24, 2.45) is 0 Å². The third-order valence-corrected chi connectivity index (χ3v) is 5.43. The second-order valence-corrected chi connectivity index (χ2v) is 7.74. The molecule has 1 N–H and O–H groups in total. The minimum atomic E-state index is -3.33. The van der Waals surface area contributed by atoms with Gasteiger partial charge in [-0.2, -0.15) is 0 Å². The normalized spacial score (nSPS) is 11.5. The van der Waals surface area contributed by atoms with Gasteiger partial charge in [-0.3, -0.25) is 0 Å². The lowest BCUT2D eigenvalue weighted by Gasteiger charge is -2.07. The maximum absolute atomic E-state index is 12.1. The fraction of sp³-hybridized carbons (Fsp3) is 0.400. The Bertz CT molecular complexity index is 711. The summed E-state index contributed by atoms with van der Waals surface area (Å²) in [6.07, 6.45) is 1.53. The first-order valence-electron chi connectivity index (χ1n) is 7.00. The predicted molar refractivity (Wildman–Crippen MR) is 88.8 cm³/mol. The number of thiazole rings is 1. The SMILES string of the molecule is COc1cccc(CS(=O)(=O)NCCCc2nc(C)cs2)c1. The molecule has 0 aliphatic carbocycles. The maximum atomic E-state index is 12.1. The minimum Gasteiger partial charge on any atom is -0.497 e. The molecule has 1 aromatic carbocycles. The van der Waals surface area contributed by atoms with E-state index in [1.807, 2.05) is 12.3 Å². The first-order chi connectivity index (χ1) is 10.5. The van der Waals surface area contributed by atoms with E-state index in [1.54, 1.807) is 42.7 Å². The Labute approximate surface area is 135 Å². The molecule has 2 aromatic rings. The molecular weight excluding hydrogens is 320 g/mol. The minimum absolute atomic E-state index is 0.0411. The molecule has 5 nitrogen and oxygen atoms in total. The van der Waals surface area contributed by atoms with E-state index < -0.39 is 10.0 Å². The maximum Gasteiger partial charge on any atom is 0.215 e. The lowest BCUT2D eigenvalue weighted by molar-refractivity contribution is 0.414. The van der Waals surface area contributed by atoms with Crippen LogP contribution in [0.1, 0.15) is 22.7 Å². The standard InChI is InChI=1S/C15H20N2O3S2/c1-12-10-21-15(17-12)7-4-8-16-22(18,19)11-13-5-3-6-14(9-13)20-2/h3,5-6,9-10,16H,4,7-8,11H2,1-2H3. The van der Waals surface area contributed by atoms with Gasteiger partial charge in [0.05, 0.1) is 17.9 Å². The van der Waals surface area contributed by atoms with Crippen LogP contribution in [0.4, 0.5) is 0 Å². The quantitative estimate of drug-likeness (QED) is 0.750. The highest BCUT2D eigenvalue weighted by Gasteiger charge is 2.11. The summed E-state index contributed by atoms with van der Waals surface area (Å²) >= 11 is 1.61. The van der Waals surface area contributed by atoms with E-state index in [0.717, 1.165) is 23.5 Å². The van der Waals surface area contributed by atoms with E-state index >= 15 is 0 Å². The van der Waals surface area contributed by atoms with Crippen LogP contribution in [-0.4, -0.2) is 27.1 Å². The van der Waals surface area contributed by atoms with Gasteiger partial charge in [-0.1, -0.05) is 12.1 Å². The number of nitrogens with zero attached hydrogens (tertiary/aromatic N) is 1. The van der Waals surface area contributed by atoms with E-state index in [2.05, 4.69) is 9.71 Å². The number of benzene rings is 1. The summed E-state index contributed by atoms with van der Waals surface area (Å²) in [4.78, 5) is 4.36. The first-order valence-corrected chi connectivity index (χ1v) is 9.53. The van der Waals surface area contributed by atoms with Crippen molar-refractivity contribution in [3.05, 3.63) is 45.9 Å². The molecule has 0 saturated carbocycles. The van der Waals surface area contributed by atoms with Crippen molar-refractivity contribution in [3.63, 3.8) is 0 Å². The lowest BCUT2D eigenvalue weighted by Crippen LogP contribution is -2.26. The van der Waals surface area contributed by atoms with E-state index in [0.29, 0.717) is 17.9 Å². The number of nitrogens with one attached hydrogen (secondary N) is 1. The molecule has 1 heterocycles. The monoisotopic (exact) mass is 340 g/mol. The number of aromatic nitrogens is 1. The zero-order valence-electron chi connectivity index (χ0n) is 12.7. The summed E-state index contributed by atoms with van der Waals surface area (Å²) in [5.41, 5.74) is 1.72. The summed E-state index contributed by atoms with van der Waals surface area (Å²) in [6.45, 7) is 2.38. The molecule has 0 bridgehead atoms. The third-order valence-electron chi connectivity index (χ3n) is 3.05. The van der Waals surface area contributed by atoms with Crippen LogP contribution in [0.25, 0.3) is 0 Å². The molecule has 22 heavy (non-hydrogen) atoms. The van der Waals surface area contributed by atoms with Crippen molar-refractivity contribution in [1.29, 1.82) is 0 Å². The Morgan fingerprint density at radius 3 is 2.86 bits per heavy atom. The second-order valence-electron chi connectivity index (χ2n) is 4.99. The number of hydrogen-bond acceptors (Lipinski definition) is 5. The van der Waals surface area contributed by atoms with Crippen molar-refractivity contribution in [2.45, 2.75) is 25.5 Å². The van der Waals surface area contributed by atoms with Gasteiger partial charge >= 0.3 is 0 Å². The van der Waals surface area contributed by atoms with E-state index in [-0.39, 0.29) is 5.75 Å². The second kappa shape index (κ2) is 7.71. The Hall–Kier alpha value is -1.44. The number of methoxy groups -OCH3 is 1. The van der Waals surface area contributed by atoms with Gasteiger partial charge in [-0.25, -0.2) is 18.1 Å². The van der Waals surface area contributed by atoms with Gasteiger partial charge in [-0.05, 0) is 31.0 Å². The van der Waals surface area contributed by atoms with Crippen LogP contribution in [0.3, 0.4) is 0 Å². The topological polar surface area (TPSA) is 68.3 Å². The van der Waals surface area contributed by atoms with Gasteiger partial charge in [0.1, 0.15) is 5.75 Å². The predicted octanol–water partition coefficient (Wildman–Crippen LogP) is 2.51. The molecule has 0 fully saturated rings. The molecule has 1 aromatic heterocycles. The van der Waals surface area contributed by atoms with Gasteiger partial charge < -0.3 is 4.74 Å². The zero-order valence-corrected chi connectivity index (χ0v) is 14.3. The number of hydrogen-bond donors (Lipinski definition) is 1. The van der Waals surface area contributed by atoms with Crippen molar-refractivity contribution < 1.29 is 13.2 Å². The number of rotatable bonds is 8. The number of aryl methyl sites for hydroxylation is 2. The molecule has 0 spiro atoms. The summed E-state index contributed by atoms with van der Waals surface area (Å²) in [6, 6.07) is 7.09. The molecule has 0 atom stereocenters. The Morgan fingerprint density at radius 1 is 1.36 bits per heavy atom. The fourth-order valence-corrected chi connectivity index (χ4v) is 4.01. The van der Waals surface area contributed by atoms with Crippen LogP contribution in [0.15, 0.2) is 29.6 Å². The van der Waals surface area contributed by atoms with Gasteiger partial charge in [-0.15, -0.1) is 11.3 Å². The van der Waals surface area contributed by atoms with Crippen molar-refractivity contribution in [1.82, 2.24) is 9.71 Å². The van der Waals surface area contributed by atoms with Crippen LogP contribution in [0.2, 0.25) is 0 Å². The molecule has 2 rings (SSSR count). The molecule has 7 heteroatoms. The summed E-state index contributed by atoms with van der Waals surface area (Å²) in [7, 11) is -1.77.